The lowest BCUT2D eigenvalue weighted by molar-refractivity contribution is -0.144. The van der Waals surface area contributed by atoms with E-state index >= 15 is 0 Å². The van der Waals surface area contributed by atoms with Gasteiger partial charge in [0.05, 0.1) is 40.5 Å². The number of methoxy groups -OCH3 is 4. The van der Waals surface area contributed by atoms with E-state index in [1.165, 1.54) is 21.3 Å². The Morgan fingerprint density at radius 1 is 0.889 bits per heavy atom. The van der Waals surface area contributed by atoms with E-state index in [1.54, 1.807) is 35.7 Å². The summed E-state index contributed by atoms with van der Waals surface area (Å²) in [6.45, 7) is 1.85. The van der Waals surface area contributed by atoms with Crippen molar-refractivity contribution in [3.05, 3.63) is 71.8 Å². The van der Waals surface area contributed by atoms with Gasteiger partial charge in [0.1, 0.15) is 23.3 Å². The molecule has 0 saturated heterocycles. The topological polar surface area (TPSA) is 117 Å². The maximum absolute atomic E-state index is 14.8. The predicted molar refractivity (Wildman–Crippen MR) is 170 cm³/mol. The number of hydrogen-bond donors (Lipinski definition) is 1. The number of aromatic nitrogens is 3. The van der Waals surface area contributed by atoms with E-state index < -0.39 is 12.1 Å². The smallest absolute Gasteiger partial charge is 0.248 e. The van der Waals surface area contributed by atoms with Crippen LogP contribution in [0, 0.1) is 0 Å². The van der Waals surface area contributed by atoms with Crippen LogP contribution in [0.1, 0.15) is 62.2 Å². The molecule has 0 bridgehead atoms. The van der Waals surface area contributed by atoms with Crippen molar-refractivity contribution in [2.24, 2.45) is 0 Å². The van der Waals surface area contributed by atoms with Gasteiger partial charge in [-0.3, -0.25) is 9.59 Å². The number of nitrogens with one attached hydrogen (secondary N) is 1. The van der Waals surface area contributed by atoms with Crippen LogP contribution in [0.2, 0.25) is 0 Å². The van der Waals surface area contributed by atoms with Gasteiger partial charge in [0.15, 0.2) is 11.5 Å². The van der Waals surface area contributed by atoms with Crippen molar-refractivity contribution in [1.82, 2.24) is 25.2 Å². The average molecular weight is 616 g/mol. The van der Waals surface area contributed by atoms with Gasteiger partial charge in [-0.25, -0.2) is 4.68 Å². The molecule has 0 spiro atoms. The van der Waals surface area contributed by atoms with Crippen LogP contribution in [0.3, 0.4) is 0 Å². The van der Waals surface area contributed by atoms with E-state index in [-0.39, 0.29) is 24.4 Å². The first kappa shape index (κ1) is 31.6. The molecule has 11 nitrogen and oxygen atoms in total. The third-order valence-electron chi connectivity index (χ3n) is 8.43. The number of hydrogen-bond acceptors (Lipinski definition) is 8. The number of carbonyl (C=O) groups is 2. The van der Waals surface area contributed by atoms with Crippen LogP contribution < -0.4 is 24.3 Å². The summed E-state index contributed by atoms with van der Waals surface area (Å²) < 4.78 is 24.2. The zero-order valence-electron chi connectivity index (χ0n) is 26.5. The minimum absolute atomic E-state index is 0.00989. The van der Waals surface area contributed by atoms with Crippen LogP contribution in [-0.2, 0) is 16.1 Å². The van der Waals surface area contributed by atoms with E-state index in [0.29, 0.717) is 39.6 Å². The van der Waals surface area contributed by atoms with Gasteiger partial charge in [0, 0.05) is 11.6 Å². The molecule has 11 heteroatoms. The summed E-state index contributed by atoms with van der Waals surface area (Å²) in [5.41, 5.74) is 2.64. The summed E-state index contributed by atoms with van der Waals surface area (Å²) in [4.78, 5) is 30.8. The molecule has 1 aliphatic carbocycles. The molecule has 3 aromatic carbocycles. The van der Waals surface area contributed by atoms with Crippen molar-refractivity contribution >= 4 is 22.8 Å². The molecule has 1 saturated carbocycles. The van der Waals surface area contributed by atoms with Crippen LogP contribution >= 0.6 is 0 Å². The molecule has 0 radical (unpaired) electrons. The van der Waals surface area contributed by atoms with E-state index in [1.807, 2.05) is 48.5 Å². The van der Waals surface area contributed by atoms with Gasteiger partial charge in [0.25, 0.3) is 0 Å². The van der Waals surface area contributed by atoms with Gasteiger partial charge in [-0.2, -0.15) is 0 Å². The van der Waals surface area contributed by atoms with Crippen molar-refractivity contribution in [2.75, 3.05) is 28.4 Å². The SMILES string of the molecule is COc1ccccc1CN(C(=O)[C@@H](C)n1nnc2ccccc21)[C@H](C(=O)NC1CCCCC1)c1cc(OC)c(OC)c(OC)c1. The average Bonchev–Trinajstić information content (AvgIpc) is 3.51. The molecule has 2 amide bonds. The summed E-state index contributed by atoms with van der Waals surface area (Å²) >= 11 is 0. The molecule has 1 fully saturated rings. The Bertz CT molecular complexity index is 1610. The Morgan fingerprint density at radius 2 is 1.53 bits per heavy atom. The highest BCUT2D eigenvalue weighted by Gasteiger charge is 2.37. The fourth-order valence-electron chi connectivity index (χ4n) is 6.09. The van der Waals surface area contributed by atoms with Crippen molar-refractivity contribution in [2.45, 2.75) is 63.7 Å². The molecular formula is C34H41N5O6. The largest absolute Gasteiger partial charge is 0.496 e. The molecule has 0 aliphatic heterocycles. The molecule has 238 valence electrons. The summed E-state index contributed by atoms with van der Waals surface area (Å²) in [7, 11) is 6.15. The molecule has 45 heavy (non-hydrogen) atoms. The number of rotatable bonds is 12. The number of amides is 2. The summed E-state index contributed by atoms with van der Waals surface area (Å²) in [5.74, 6) is 1.12. The van der Waals surface area contributed by atoms with E-state index in [9.17, 15) is 9.59 Å². The number of nitrogens with zero attached hydrogens (tertiary/aromatic N) is 4. The van der Waals surface area contributed by atoms with E-state index in [4.69, 9.17) is 18.9 Å². The summed E-state index contributed by atoms with van der Waals surface area (Å²) in [6, 6.07) is 16.6. The highest BCUT2D eigenvalue weighted by molar-refractivity contribution is 5.91. The molecule has 1 N–H and O–H groups in total. The van der Waals surface area contributed by atoms with Crippen LogP contribution in [0.5, 0.6) is 23.0 Å². The van der Waals surface area contributed by atoms with Gasteiger partial charge in [0.2, 0.25) is 17.6 Å². The highest BCUT2D eigenvalue weighted by Crippen LogP contribution is 2.42. The van der Waals surface area contributed by atoms with Gasteiger partial charge >= 0.3 is 0 Å². The molecule has 2 atom stereocenters. The lowest BCUT2D eigenvalue weighted by atomic mass is 9.94. The lowest BCUT2D eigenvalue weighted by Crippen LogP contribution is -2.48. The Balaban J connectivity index is 1.66. The molecule has 1 aromatic heterocycles. The number of ether oxygens (including phenoxy) is 4. The number of carbonyl (C=O) groups excluding carboxylic acids is 2. The first-order chi connectivity index (χ1) is 21.9. The summed E-state index contributed by atoms with van der Waals surface area (Å²) in [6.07, 6.45) is 5.00. The second kappa shape index (κ2) is 14.3. The maximum Gasteiger partial charge on any atom is 0.248 e. The first-order valence-electron chi connectivity index (χ1n) is 15.2. The van der Waals surface area contributed by atoms with Gasteiger partial charge in [-0.15, -0.1) is 5.10 Å². The van der Waals surface area contributed by atoms with Crippen molar-refractivity contribution in [1.29, 1.82) is 0 Å². The van der Waals surface area contributed by atoms with E-state index in [2.05, 4.69) is 15.6 Å². The zero-order valence-corrected chi connectivity index (χ0v) is 26.5. The van der Waals surface area contributed by atoms with Gasteiger partial charge < -0.3 is 29.2 Å². The van der Waals surface area contributed by atoms with Crippen LogP contribution in [-0.4, -0.2) is 66.2 Å². The maximum atomic E-state index is 14.8. The fraction of sp³-hybridized carbons (Fsp3) is 0.412. The predicted octanol–water partition coefficient (Wildman–Crippen LogP) is 5.25. The minimum atomic E-state index is -1.06. The van der Waals surface area contributed by atoms with Crippen LogP contribution in [0.25, 0.3) is 11.0 Å². The molecular weight excluding hydrogens is 574 g/mol. The standard InChI is InChI=1S/C34H41N5O6/c1-22(39-27-17-11-10-16-26(27)36-37-39)34(41)38(21-23-13-9-12-18-28(23)42-2)31(33(40)35-25-14-7-6-8-15-25)24-19-29(43-3)32(45-5)30(20-24)44-4/h9-13,16-20,22,25,31H,6-8,14-15,21H2,1-5H3,(H,35,40)/t22-,31+/m1/s1. The fourth-order valence-corrected chi connectivity index (χ4v) is 6.09. The van der Waals surface area contributed by atoms with Crippen LogP contribution in [0.15, 0.2) is 60.7 Å². The molecule has 4 aromatic rings. The normalized spacial score (nSPS) is 14.8. The van der Waals surface area contributed by atoms with Gasteiger partial charge in [-0.1, -0.05) is 54.8 Å². The Hall–Kier alpha value is -4.80. The quantitative estimate of drug-likeness (QED) is 0.230. The zero-order chi connectivity index (χ0) is 31.9. The highest BCUT2D eigenvalue weighted by atomic mass is 16.5. The van der Waals surface area contributed by atoms with Crippen molar-refractivity contribution < 1.29 is 28.5 Å². The molecule has 0 unspecified atom stereocenters. The van der Waals surface area contributed by atoms with Crippen LogP contribution in [0.4, 0.5) is 0 Å². The Morgan fingerprint density at radius 3 is 2.20 bits per heavy atom. The lowest BCUT2D eigenvalue weighted by Gasteiger charge is -2.35. The monoisotopic (exact) mass is 615 g/mol. The number of para-hydroxylation sites is 2. The molecule has 5 rings (SSSR count). The Kier molecular flexibility index (Phi) is 10.1. The minimum Gasteiger partial charge on any atom is -0.496 e. The first-order valence-corrected chi connectivity index (χ1v) is 15.2. The number of fused-ring (bicyclic) bond motifs is 1. The Labute approximate surface area is 263 Å². The molecule has 1 heterocycles. The number of benzene rings is 3. The molecule has 1 aliphatic rings. The second-order valence-electron chi connectivity index (χ2n) is 11.2. The third-order valence-corrected chi connectivity index (χ3v) is 8.43. The van der Waals surface area contributed by atoms with Gasteiger partial charge in [-0.05, 0) is 55.7 Å². The van der Waals surface area contributed by atoms with Crippen molar-refractivity contribution in [3.63, 3.8) is 0 Å². The van der Waals surface area contributed by atoms with Crippen molar-refractivity contribution in [3.8, 4) is 23.0 Å². The summed E-state index contributed by atoms with van der Waals surface area (Å²) in [5, 5.41) is 11.9. The second-order valence-corrected chi connectivity index (χ2v) is 11.2. The third kappa shape index (κ3) is 6.67. The van der Waals surface area contributed by atoms with E-state index in [0.717, 1.165) is 37.7 Å².